The molecule has 0 bridgehead atoms. The zero-order valence-corrected chi connectivity index (χ0v) is 14.9. The highest BCUT2D eigenvalue weighted by molar-refractivity contribution is 4.88. The predicted molar refractivity (Wildman–Crippen MR) is 91.9 cm³/mol. The Hall–Kier alpha value is -0.120. The van der Waals surface area contributed by atoms with Crippen LogP contribution in [0.1, 0.15) is 72.1 Å². The highest BCUT2D eigenvalue weighted by atomic mass is 16.5. The largest absolute Gasteiger partial charge is 0.383 e. The lowest BCUT2D eigenvalue weighted by Gasteiger charge is -2.43. The zero-order chi connectivity index (χ0) is 15.5. The van der Waals surface area contributed by atoms with Crippen LogP contribution in [0, 0.1) is 0 Å². The lowest BCUT2D eigenvalue weighted by Crippen LogP contribution is -2.54. The van der Waals surface area contributed by atoms with Crippen LogP contribution in [-0.4, -0.2) is 49.8 Å². The molecule has 1 aliphatic rings. The van der Waals surface area contributed by atoms with Gasteiger partial charge in [-0.1, -0.05) is 46.5 Å². The molecule has 1 aliphatic carbocycles. The van der Waals surface area contributed by atoms with Gasteiger partial charge in [0.05, 0.1) is 6.61 Å². The normalized spacial score (nSPS) is 24.3. The number of hydrogen-bond acceptors (Lipinski definition) is 3. The first-order valence-electron chi connectivity index (χ1n) is 9.26. The number of nitrogens with zero attached hydrogens (tertiary/aromatic N) is 1. The third-order valence-corrected chi connectivity index (χ3v) is 5.09. The van der Waals surface area contributed by atoms with E-state index >= 15 is 0 Å². The molecule has 0 radical (unpaired) electrons. The molecule has 3 heteroatoms. The van der Waals surface area contributed by atoms with E-state index in [2.05, 4.69) is 31.0 Å². The Morgan fingerprint density at radius 2 is 1.71 bits per heavy atom. The summed E-state index contributed by atoms with van der Waals surface area (Å²) in [5.74, 6) is 0. The molecule has 2 atom stereocenters. The molecular weight excluding hydrogens is 260 g/mol. The summed E-state index contributed by atoms with van der Waals surface area (Å²) in [6.07, 6.45) is 10.8. The Bertz CT molecular complexity index is 243. The summed E-state index contributed by atoms with van der Waals surface area (Å²) in [5, 5.41) is 3.78. The van der Waals surface area contributed by atoms with Gasteiger partial charge in [0.1, 0.15) is 0 Å². The molecule has 1 saturated carbocycles. The van der Waals surface area contributed by atoms with Crippen LogP contribution < -0.4 is 5.32 Å². The predicted octanol–water partition coefficient (Wildman–Crippen LogP) is 3.82. The van der Waals surface area contributed by atoms with Gasteiger partial charge >= 0.3 is 0 Å². The topological polar surface area (TPSA) is 24.5 Å². The molecule has 0 saturated heterocycles. The van der Waals surface area contributed by atoms with Crippen molar-refractivity contribution in [1.29, 1.82) is 0 Å². The van der Waals surface area contributed by atoms with Gasteiger partial charge in [-0.05, 0) is 32.2 Å². The lowest BCUT2D eigenvalue weighted by atomic mass is 9.89. The van der Waals surface area contributed by atoms with E-state index in [1.165, 1.54) is 51.4 Å². The summed E-state index contributed by atoms with van der Waals surface area (Å²) >= 11 is 0. The number of likely N-dealkylation sites (N-methyl/N-ethyl adjacent to an activating group) is 1. The SMILES string of the molecule is CCNC1CCCCCCC1N(CCOC)C(CC)CC. The van der Waals surface area contributed by atoms with Crippen LogP contribution in [0.25, 0.3) is 0 Å². The first-order chi connectivity index (χ1) is 10.3. The van der Waals surface area contributed by atoms with Crippen LogP contribution >= 0.6 is 0 Å². The van der Waals surface area contributed by atoms with E-state index in [-0.39, 0.29) is 0 Å². The van der Waals surface area contributed by atoms with Gasteiger partial charge in [0.2, 0.25) is 0 Å². The maximum Gasteiger partial charge on any atom is 0.0589 e. The van der Waals surface area contributed by atoms with Gasteiger partial charge in [-0.3, -0.25) is 4.90 Å². The average Bonchev–Trinajstić information content (AvgIpc) is 2.47. The Kier molecular flexibility index (Phi) is 10.3. The summed E-state index contributed by atoms with van der Waals surface area (Å²) in [6, 6.07) is 2.05. The van der Waals surface area contributed by atoms with E-state index in [0.717, 1.165) is 19.7 Å². The Labute approximate surface area is 132 Å². The smallest absolute Gasteiger partial charge is 0.0589 e. The molecule has 0 heterocycles. The maximum absolute atomic E-state index is 5.39. The van der Waals surface area contributed by atoms with Crippen molar-refractivity contribution >= 4 is 0 Å². The van der Waals surface area contributed by atoms with Crippen LogP contribution in [0.2, 0.25) is 0 Å². The molecule has 1 N–H and O–H groups in total. The van der Waals surface area contributed by atoms with Crippen molar-refractivity contribution in [1.82, 2.24) is 10.2 Å². The Morgan fingerprint density at radius 1 is 1.05 bits per heavy atom. The van der Waals surface area contributed by atoms with Crippen molar-refractivity contribution in [3.05, 3.63) is 0 Å². The number of hydrogen-bond donors (Lipinski definition) is 1. The van der Waals surface area contributed by atoms with E-state index in [1.807, 2.05) is 7.11 Å². The molecule has 21 heavy (non-hydrogen) atoms. The summed E-state index contributed by atoms with van der Waals surface area (Å²) in [7, 11) is 1.82. The third-order valence-electron chi connectivity index (χ3n) is 5.09. The quantitative estimate of drug-likeness (QED) is 0.700. The van der Waals surface area contributed by atoms with Crippen LogP contribution in [-0.2, 0) is 4.74 Å². The Morgan fingerprint density at radius 3 is 2.29 bits per heavy atom. The molecule has 1 fully saturated rings. The molecule has 0 aromatic rings. The molecule has 0 spiro atoms. The standard InChI is InChI=1S/C18H38N2O/c1-5-16(6-2)20(14-15-21-4)18-13-11-9-8-10-12-17(18)19-7-3/h16-19H,5-15H2,1-4H3. The van der Waals surface area contributed by atoms with Gasteiger partial charge in [0.25, 0.3) is 0 Å². The monoisotopic (exact) mass is 298 g/mol. The summed E-state index contributed by atoms with van der Waals surface area (Å²) in [5.41, 5.74) is 0. The van der Waals surface area contributed by atoms with E-state index in [4.69, 9.17) is 4.74 Å². The molecule has 3 nitrogen and oxygen atoms in total. The molecular formula is C18H38N2O. The van der Waals surface area contributed by atoms with Gasteiger partial charge in [-0.15, -0.1) is 0 Å². The first-order valence-corrected chi connectivity index (χ1v) is 9.26. The van der Waals surface area contributed by atoms with Gasteiger partial charge in [-0.2, -0.15) is 0 Å². The second-order valence-corrected chi connectivity index (χ2v) is 6.42. The van der Waals surface area contributed by atoms with Crippen molar-refractivity contribution < 1.29 is 4.74 Å². The van der Waals surface area contributed by atoms with Gasteiger partial charge in [-0.25, -0.2) is 0 Å². The van der Waals surface area contributed by atoms with Crippen molar-refractivity contribution in [3.8, 4) is 0 Å². The van der Waals surface area contributed by atoms with Crippen LogP contribution in [0.15, 0.2) is 0 Å². The van der Waals surface area contributed by atoms with E-state index in [0.29, 0.717) is 18.1 Å². The minimum atomic E-state index is 0.660. The minimum absolute atomic E-state index is 0.660. The van der Waals surface area contributed by atoms with Crippen molar-refractivity contribution in [3.63, 3.8) is 0 Å². The molecule has 0 amide bonds. The van der Waals surface area contributed by atoms with Crippen LogP contribution in [0.3, 0.4) is 0 Å². The molecule has 0 aromatic carbocycles. The van der Waals surface area contributed by atoms with E-state index in [9.17, 15) is 0 Å². The average molecular weight is 299 g/mol. The van der Waals surface area contributed by atoms with Crippen LogP contribution in [0.5, 0.6) is 0 Å². The molecule has 2 unspecified atom stereocenters. The second kappa shape index (κ2) is 11.4. The lowest BCUT2D eigenvalue weighted by molar-refractivity contribution is 0.0526. The molecule has 0 aliphatic heterocycles. The van der Waals surface area contributed by atoms with Crippen LogP contribution in [0.4, 0.5) is 0 Å². The number of methoxy groups -OCH3 is 1. The fourth-order valence-corrected chi connectivity index (χ4v) is 3.94. The van der Waals surface area contributed by atoms with Crippen molar-refractivity contribution in [2.45, 2.75) is 90.3 Å². The van der Waals surface area contributed by atoms with Gasteiger partial charge in [0.15, 0.2) is 0 Å². The van der Waals surface area contributed by atoms with E-state index in [1.54, 1.807) is 0 Å². The van der Waals surface area contributed by atoms with Gasteiger partial charge < -0.3 is 10.1 Å². The molecule has 0 aromatic heterocycles. The molecule has 126 valence electrons. The maximum atomic E-state index is 5.39. The summed E-state index contributed by atoms with van der Waals surface area (Å²) in [4.78, 5) is 2.77. The highest BCUT2D eigenvalue weighted by Gasteiger charge is 2.30. The van der Waals surface area contributed by atoms with Gasteiger partial charge in [0, 0.05) is 31.8 Å². The fraction of sp³-hybridized carbons (Fsp3) is 1.00. The zero-order valence-electron chi connectivity index (χ0n) is 14.9. The summed E-state index contributed by atoms with van der Waals surface area (Å²) in [6.45, 7) is 9.92. The Balaban J connectivity index is 2.84. The third kappa shape index (κ3) is 6.25. The number of nitrogens with one attached hydrogen (secondary N) is 1. The minimum Gasteiger partial charge on any atom is -0.383 e. The highest BCUT2D eigenvalue weighted by Crippen LogP contribution is 2.25. The van der Waals surface area contributed by atoms with Crippen molar-refractivity contribution in [2.75, 3.05) is 26.8 Å². The molecule has 1 rings (SSSR count). The number of rotatable bonds is 9. The summed E-state index contributed by atoms with van der Waals surface area (Å²) < 4.78 is 5.39. The fourth-order valence-electron chi connectivity index (χ4n) is 3.94. The van der Waals surface area contributed by atoms with Crippen molar-refractivity contribution in [2.24, 2.45) is 0 Å². The first kappa shape index (κ1) is 18.9. The van der Waals surface area contributed by atoms with E-state index < -0.39 is 0 Å². The number of ether oxygens (including phenoxy) is 1. The second-order valence-electron chi connectivity index (χ2n) is 6.42.